The van der Waals surface area contributed by atoms with Gasteiger partial charge in [-0.15, -0.1) is 11.8 Å². The van der Waals surface area contributed by atoms with Crippen molar-refractivity contribution in [1.29, 1.82) is 0 Å². The van der Waals surface area contributed by atoms with Crippen LogP contribution >= 0.6 is 11.8 Å². The van der Waals surface area contributed by atoms with Gasteiger partial charge in [0.25, 0.3) is 5.91 Å². The Morgan fingerprint density at radius 2 is 1.78 bits per heavy atom. The van der Waals surface area contributed by atoms with E-state index in [9.17, 15) is 14.4 Å². The Morgan fingerprint density at radius 3 is 2.41 bits per heavy atom. The summed E-state index contributed by atoms with van der Waals surface area (Å²) < 4.78 is 5.16. The van der Waals surface area contributed by atoms with E-state index in [2.05, 4.69) is 5.32 Å². The molecular formula is C20H28N2O4S. The second-order valence-electron chi connectivity index (χ2n) is 7.54. The van der Waals surface area contributed by atoms with Crippen molar-refractivity contribution in [1.82, 2.24) is 4.90 Å². The van der Waals surface area contributed by atoms with E-state index in [0.717, 1.165) is 10.6 Å². The predicted molar refractivity (Wildman–Crippen MR) is 107 cm³/mol. The van der Waals surface area contributed by atoms with Crippen molar-refractivity contribution in [2.45, 2.75) is 44.3 Å². The number of nitrogens with zero attached hydrogens (tertiary/aromatic N) is 1. The number of carbonyl (C=O) groups excluding carboxylic acids is 3. The van der Waals surface area contributed by atoms with Gasteiger partial charge in [-0.3, -0.25) is 14.4 Å². The van der Waals surface area contributed by atoms with Crippen molar-refractivity contribution in [2.75, 3.05) is 25.0 Å². The Bertz CT molecular complexity index is 680. The highest BCUT2D eigenvalue weighted by Crippen LogP contribution is 2.36. The van der Waals surface area contributed by atoms with Crippen LogP contribution in [0, 0.1) is 11.8 Å². The van der Waals surface area contributed by atoms with Gasteiger partial charge in [0.05, 0.1) is 17.4 Å². The number of rotatable bonds is 8. The molecule has 1 aliphatic rings. The number of thioether (sulfide) groups is 1. The molecule has 2 rings (SSSR count). The molecule has 0 bridgehead atoms. The van der Waals surface area contributed by atoms with Crippen LogP contribution < -0.4 is 5.32 Å². The summed E-state index contributed by atoms with van der Waals surface area (Å²) in [6, 6.07) is 7.46. The first kappa shape index (κ1) is 21.3. The zero-order valence-electron chi connectivity index (χ0n) is 16.4. The minimum Gasteiger partial charge on any atom is -0.456 e. The number of hydrogen-bond acceptors (Lipinski definition) is 5. The molecule has 7 heteroatoms. The van der Waals surface area contributed by atoms with E-state index in [1.807, 2.05) is 52.0 Å². The second kappa shape index (κ2) is 9.78. The first-order chi connectivity index (χ1) is 12.8. The molecule has 0 fully saturated rings. The summed E-state index contributed by atoms with van der Waals surface area (Å²) in [4.78, 5) is 39.4. The van der Waals surface area contributed by atoms with E-state index in [4.69, 9.17) is 4.74 Å². The molecule has 148 valence electrons. The lowest BCUT2D eigenvalue weighted by Gasteiger charge is -2.26. The lowest BCUT2D eigenvalue weighted by molar-refractivity contribution is -0.152. The standard InChI is InChI=1S/C20H28N2O4S/c1-13(2)10-22(11-14(3)4)18(23)12-26-19(24)9-17-20(25)21-15-7-5-6-8-16(15)27-17/h5-8,13-14,17H,9-12H2,1-4H3,(H,21,25)/t17-/m0/s1. The van der Waals surface area contributed by atoms with Crippen LogP contribution in [-0.4, -0.2) is 47.6 Å². The number of nitrogens with one attached hydrogen (secondary N) is 1. The van der Waals surface area contributed by atoms with Crippen LogP contribution in [-0.2, 0) is 19.1 Å². The minimum atomic E-state index is -0.551. The van der Waals surface area contributed by atoms with Crippen LogP contribution in [0.3, 0.4) is 0 Å². The molecule has 1 N–H and O–H groups in total. The number of para-hydroxylation sites is 1. The minimum absolute atomic E-state index is 0.0630. The van der Waals surface area contributed by atoms with Gasteiger partial charge < -0.3 is 15.0 Å². The normalized spacial score (nSPS) is 16.1. The number of anilines is 1. The number of carbonyl (C=O) groups is 3. The van der Waals surface area contributed by atoms with Crippen LogP contribution in [0.4, 0.5) is 5.69 Å². The van der Waals surface area contributed by atoms with Gasteiger partial charge in [-0.1, -0.05) is 39.8 Å². The summed E-state index contributed by atoms with van der Waals surface area (Å²) in [5.41, 5.74) is 0.755. The monoisotopic (exact) mass is 392 g/mol. The molecule has 1 aromatic rings. The molecule has 6 nitrogen and oxygen atoms in total. The van der Waals surface area contributed by atoms with Gasteiger partial charge >= 0.3 is 5.97 Å². The highest BCUT2D eigenvalue weighted by Gasteiger charge is 2.29. The average molecular weight is 393 g/mol. The molecular weight excluding hydrogens is 364 g/mol. The van der Waals surface area contributed by atoms with E-state index in [1.54, 1.807) is 4.90 Å². The molecule has 1 heterocycles. The van der Waals surface area contributed by atoms with Gasteiger partial charge in [-0.2, -0.15) is 0 Å². The third-order valence-electron chi connectivity index (χ3n) is 3.94. The van der Waals surface area contributed by atoms with E-state index in [0.29, 0.717) is 24.9 Å². The zero-order valence-corrected chi connectivity index (χ0v) is 17.2. The van der Waals surface area contributed by atoms with Crippen molar-refractivity contribution in [3.63, 3.8) is 0 Å². The first-order valence-corrected chi connectivity index (χ1v) is 10.1. The topological polar surface area (TPSA) is 75.7 Å². The molecule has 27 heavy (non-hydrogen) atoms. The van der Waals surface area contributed by atoms with Gasteiger partial charge in [0.1, 0.15) is 0 Å². The molecule has 0 aromatic heterocycles. The molecule has 1 aliphatic heterocycles. The number of amides is 2. The van der Waals surface area contributed by atoms with Crippen LogP contribution in [0.25, 0.3) is 0 Å². The Kier molecular flexibility index (Phi) is 7.71. The Labute approximate surface area is 165 Å². The van der Waals surface area contributed by atoms with Crippen LogP contribution in [0.5, 0.6) is 0 Å². The Morgan fingerprint density at radius 1 is 1.15 bits per heavy atom. The molecule has 0 radical (unpaired) electrons. The highest BCUT2D eigenvalue weighted by atomic mass is 32.2. The summed E-state index contributed by atoms with van der Waals surface area (Å²) in [6.07, 6.45) is -0.0630. The van der Waals surface area contributed by atoms with Crippen LogP contribution in [0.15, 0.2) is 29.2 Å². The molecule has 1 aromatic carbocycles. The zero-order chi connectivity index (χ0) is 20.0. The molecule has 0 saturated heterocycles. The Balaban J connectivity index is 1.86. The lowest BCUT2D eigenvalue weighted by Crippen LogP contribution is -2.40. The van der Waals surface area contributed by atoms with Gasteiger partial charge in [0.15, 0.2) is 6.61 Å². The van der Waals surface area contributed by atoms with Crippen molar-refractivity contribution < 1.29 is 19.1 Å². The van der Waals surface area contributed by atoms with E-state index >= 15 is 0 Å². The third kappa shape index (κ3) is 6.57. The second-order valence-corrected chi connectivity index (χ2v) is 8.79. The van der Waals surface area contributed by atoms with E-state index < -0.39 is 11.2 Å². The maximum absolute atomic E-state index is 12.4. The number of hydrogen-bond donors (Lipinski definition) is 1. The summed E-state index contributed by atoms with van der Waals surface area (Å²) in [6.45, 7) is 9.16. The number of fused-ring (bicyclic) bond motifs is 1. The van der Waals surface area contributed by atoms with Gasteiger partial charge in [-0.05, 0) is 24.0 Å². The number of ether oxygens (including phenoxy) is 1. The van der Waals surface area contributed by atoms with Crippen LogP contribution in [0.2, 0.25) is 0 Å². The average Bonchev–Trinajstić information content (AvgIpc) is 2.59. The SMILES string of the molecule is CC(C)CN(CC(C)C)C(=O)COC(=O)C[C@@H]1Sc2ccccc2NC1=O. The maximum Gasteiger partial charge on any atom is 0.307 e. The molecule has 1 atom stereocenters. The highest BCUT2D eigenvalue weighted by molar-refractivity contribution is 8.01. The third-order valence-corrected chi connectivity index (χ3v) is 5.21. The summed E-state index contributed by atoms with van der Waals surface area (Å²) in [5, 5.41) is 2.25. The summed E-state index contributed by atoms with van der Waals surface area (Å²) in [7, 11) is 0. The maximum atomic E-state index is 12.4. The van der Waals surface area contributed by atoms with Crippen molar-refractivity contribution in [3.05, 3.63) is 24.3 Å². The fourth-order valence-corrected chi connectivity index (χ4v) is 3.93. The lowest BCUT2D eigenvalue weighted by atomic mass is 10.1. The van der Waals surface area contributed by atoms with Crippen molar-refractivity contribution in [2.24, 2.45) is 11.8 Å². The molecule has 0 aliphatic carbocycles. The fraction of sp³-hybridized carbons (Fsp3) is 0.550. The van der Waals surface area contributed by atoms with Gasteiger partial charge in [-0.25, -0.2) is 0 Å². The molecule has 0 unspecified atom stereocenters. The van der Waals surface area contributed by atoms with Crippen molar-refractivity contribution in [3.8, 4) is 0 Å². The largest absolute Gasteiger partial charge is 0.456 e. The van der Waals surface area contributed by atoms with Crippen LogP contribution in [0.1, 0.15) is 34.1 Å². The predicted octanol–water partition coefficient (Wildman–Crippen LogP) is 3.17. The molecule has 0 saturated carbocycles. The summed E-state index contributed by atoms with van der Waals surface area (Å²) >= 11 is 1.34. The summed E-state index contributed by atoms with van der Waals surface area (Å²) in [5.74, 6) is -0.277. The quantitative estimate of drug-likeness (QED) is 0.688. The smallest absolute Gasteiger partial charge is 0.307 e. The fourth-order valence-electron chi connectivity index (χ4n) is 2.83. The van der Waals surface area contributed by atoms with E-state index in [-0.39, 0.29) is 24.8 Å². The van der Waals surface area contributed by atoms with Gasteiger partial charge in [0.2, 0.25) is 5.91 Å². The van der Waals surface area contributed by atoms with Gasteiger partial charge in [0, 0.05) is 18.0 Å². The number of benzene rings is 1. The Hall–Kier alpha value is -2.02. The van der Waals surface area contributed by atoms with E-state index in [1.165, 1.54) is 11.8 Å². The molecule has 0 spiro atoms. The molecule has 2 amide bonds. The first-order valence-electron chi connectivity index (χ1n) is 9.26. The number of esters is 1. The van der Waals surface area contributed by atoms with Crippen molar-refractivity contribution >= 4 is 35.2 Å².